The molecule has 0 saturated carbocycles. The zero-order valence-electron chi connectivity index (χ0n) is 18.2. The van der Waals surface area contributed by atoms with Crippen LogP contribution >= 0.6 is 0 Å². The van der Waals surface area contributed by atoms with Crippen LogP contribution in [0.4, 0.5) is 0 Å². The number of ether oxygens (including phenoxy) is 2. The average Bonchev–Trinajstić information content (AvgIpc) is 2.65. The van der Waals surface area contributed by atoms with Crippen molar-refractivity contribution in [3.05, 3.63) is 23.8 Å². The molecule has 0 unspecified atom stereocenters. The van der Waals surface area contributed by atoms with Gasteiger partial charge in [-0.25, -0.2) is 0 Å². The summed E-state index contributed by atoms with van der Waals surface area (Å²) in [5, 5.41) is 9.89. The third kappa shape index (κ3) is 5.30. The highest BCUT2D eigenvalue weighted by Crippen LogP contribution is 2.45. The first-order valence-electron chi connectivity index (χ1n) is 11.3. The second kappa shape index (κ2) is 9.46. The van der Waals surface area contributed by atoms with E-state index < -0.39 is 6.10 Å². The number of aliphatic hydroxyl groups excluding tert-OH is 1. The minimum atomic E-state index is -0.597. The smallest absolute Gasteiger partial charge is 0.308 e. The van der Waals surface area contributed by atoms with Gasteiger partial charge in [-0.05, 0) is 49.0 Å². The van der Waals surface area contributed by atoms with Gasteiger partial charge in [-0.15, -0.1) is 0 Å². The lowest BCUT2D eigenvalue weighted by molar-refractivity contribution is -0.162. The minimum absolute atomic E-state index is 0.0854. The maximum atomic E-state index is 12.5. The molecule has 0 amide bonds. The maximum absolute atomic E-state index is 12.5. The molecular formula is C24H36O5. The van der Waals surface area contributed by atoms with Crippen LogP contribution in [0.5, 0.6) is 0 Å². The Balaban J connectivity index is 1.74. The van der Waals surface area contributed by atoms with Crippen molar-refractivity contribution in [3.8, 4) is 0 Å². The molecule has 1 saturated heterocycles. The molecule has 3 aliphatic rings. The standard InChI is InChI=1S/C24H36O5/c1-5-15(3)24(27)29-21-11-14(2)10-17-7-6-16(4)20(23(17)21)9-8-19-12-18(25)13-22(26)28-19/h6-7,10,14-16,18-21,23,25H,5,8-9,11-13H2,1-4H3/t14-,15+,16-,18+,19+,20-,21-,23-/m0/s1. The van der Waals surface area contributed by atoms with Crippen molar-refractivity contribution in [1.82, 2.24) is 0 Å². The van der Waals surface area contributed by atoms with Crippen LogP contribution in [0.15, 0.2) is 23.8 Å². The van der Waals surface area contributed by atoms with E-state index in [9.17, 15) is 14.7 Å². The van der Waals surface area contributed by atoms with Gasteiger partial charge in [-0.2, -0.15) is 0 Å². The maximum Gasteiger partial charge on any atom is 0.308 e. The van der Waals surface area contributed by atoms with Crippen LogP contribution in [-0.4, -0.2) is 35.4 Å². The van der Waals surface area contributed by atoms with E-state index in [0.29, 0.717) is 24.2 Å². The molecule has 0 aromatic carbocycles. The van der Waals surface area contributed by atoms with E-state index >= 15 is 0 Å². The number of aliphatic hydroxyl groups is 1. The zero-order chi connectivity index (χ0) is 21.1. The number of cyclic esters (lactones) is 1. The second-order valence-electron chi connectivity index (χ2n) is 9.36. The second-order valence-corrected chi connectivity index (χ2v) is 9.36. The van der Waals surface area contributed by atoms with Crippen molar-refractivity contribution in [3.63, 3.8) is 0 Å². The molecule has 0 aromatic heterocycles. The Kier molecular flexibility index (Phi) is 7.20. The fourth-order valence-corrected chi connectivity index (χ4v) is 5.07. The molecule has 1 N–H and O–H groups in total. The normalized spacial score (nSPS) is 37.9. The summed E-state index contributed by atoms with van der Waals surface area (Å²) in [6.45, 7) is 8.33. The van der Waals surface area contributed by atoms with Gasteiger partial charge in [-0.3, -0.25) is 9.59 Å². The first kappa shape index (κ1) is 22.1. The predicted octanol–water partition coefficient (Wildman–Crippen LogP) is 4.20. The van der Waals surface area contributed by atoms with E-state index in [1.807, 2.05) is 13.8 Å². The molecule has 5 nitrogen and oxygen atoms in total. The summed E-state index contributed by atoms with van der Waals surface area (Å²) in [7, 11) is 0. The number of carbonyl (C=O) groups is 2. The summed E-state index contributed by atoms with van der Waals surface area (Å²) in [5.41, 5.74) is 1.27. The number of rotatable bonds is 6. The first-order valence-corrected chi connectivity index (χ1v) is 11.3. The Bertz CT molecular complexity index is 666. The molecule has 162 valence electrons. The summed E-state index contributed by atoms with van der Waals surface area (Å²) >= 11 is 0. The molecule has 0 spiro atoms. The molecule has 1 aliphatic heterocycles. The summed E-state index contributed by atoms with van der Waals surface area (Å²) in [5.74, 6) is 0.755. The van der Waals surface area contributed by atoms with Crippen LogP contribution in [0, 0.1) is 29.6 Å². The molecule has 2 aliphatic carbocycles. The molecule has 0 bridgehead atoms. The van der Waals surface area contributed by atoms with E-state index in [4.69, 9.17) is 9.47 Å². The SMILES string of the molecule is CC[C@@H](C)C(=O)O[C@H]1C[C@@H](C)C=C2C=C[C@H](C)[C@H](CC[C@@H]3C[C@@H](O)CC(=O)O3)[C@H]21. The Morgan fingerprint density at radius 1 is 1.31 bits per heavy atom. The quantitative estimate of drug-likeness (QED) is 0.672. The Morgan fingerprint density at radius 3 is 2.76 bits per heavy atom. The van der Waals surface area contributed by atoms with E-state index in [0.717, 1.165) is 25.7 Å². The van der Waals surface area contributed by atoms with Gasteiger partial charge in [0.15, 0.2) is 0 Å². The van der Waals surface area contributed by atoms with Gasteiger partial charge in [0.05, 0.1) is 18.4 Å². The summed E-state index contributed by atoms with van der Waals surface area (Å²) in [4.78, 5) is 24.2. The van der Waals surface area contributed by atoms with E-state index in [2.05, 4.69) is 32.1 Å². The highest BCUT2D eigenvalue weighted by Gasteiger charge is 2.42. The number of hydrogen-bond acceptors (Lipinski definition) is 5. The van der Waals surface area contributed by atoms with Gasteiger partial charge >= 0.3 is 11.9 Å². The number of allylic oxidation sites excluding steroid dienone is 3. The van der Waals surface area contributed by atoms with Gasteiger partial charge in [0, 0.05) is 12.3 Å². The van der Waals surface area contributed by atoms with Gasteiger partial charge in [0.25, 0.3) is 0 Å². The highest BCUT2D eigenvalue weighted by atomic mass is 16.5. The lowest BCUT2D eigenvalue weighted by Crippen LogP contribution is -2.42. The Hall–Kier alpha value is -1.62. The zero-order valence-corrected chi connectivity index (χ0v) is 18.2. The van der Waals surface area contributed by atoms with Crippen molar-refractivity contribution in [2.45, 2.75) is 84.5 Å². The van der Waals surface area contributed by atoms with Gasteiger partial charge < -0.3 is 14.6 Å². The van der Waals surface area contributed by atoms with E-state index in [-0.39, 0.29) is 42.4 Å². The number of carbonyl (C=O) groups excluding carboxylic acids is 2. The summed E-state index contributed by atoms with van der Waals surface area (Å²) < 4.78 is 11.5. The number of esters is 2. The van der Waals surface area contributed by atoms with Crippen LogP contribution < -0.4 is 0 Å². The lowest BCUT2D eigenvalue weighted by atomic mass is 9.65. The lowest BCUT2D eigenvalue weighted by Gasteiger charge is -2.43. The van der Waals surface area contributed by atoms with E-state index in [1.54, 1.807) is 0 Å². The van der Waals surface area contributed by atoms with Crippen LogP contribution in [0.25, 0.3) is 0 Å². The summed E-state index contributed by atoms with van der Waals surface area (Å²) in [6.07, 6.45) is 9.70. The average molecular weight is 405 g/mol. The predicted molar refractivity (Wildman–Crippen MR) is 111 cm³/mol. The number of fused-ring (bicyclic) bond motifs is 1. The third-order valence-corrected chi connectivity index (χ3v) is 6.93. The Morgan fingerprint density at radius 2 is 2.07 bits per heavy atom. The molecule has 0 aromatic rings. The largest absolute Gasteiger partial charge is 0.462 e. The van der Waals surface area contributed by atoms with Crippen LogP contribution in [0.1, 0.15) is 66.2 Å². The molecule has 5 heteroatoms. The van der Waals surface area contributed by atoms with E-state index in [1.165, 1.54) is 5.57 Å². The van der Waals surface area contributed by atoms with Crippen LogP contribution in [0.2, 0.25) is 0 Å². The fraction of sp³-hybridized carbons (Fsp3) is 0.750. The molecule has 1 fully saturated rings. The number of hydrogen-bond donors (Lipinski definition) is 1. The van der Waals surface area contributed by atoms with Gasteiger partial charge in [0.2, 0.25) is 0 Å². The monoisotopic (exact) mass is 404 g/mol. The van der Waals surface area contributed by atoms with Crippen LogP contribution in [0.3, 0.4) is 0 Å². The molecular weight excluding hydrogens is 368 g/mol. The van der Waals surface area contributed by atoms with Crippen molar-refractivity contribution in [1.29, 1.82) is 0 Å². The van der Waals surface area contributed by atoms with Crippen molar-refractivity contribution in [2.75, 3.05) is 0 Å². The van der Waals surface area contributed by atoms with Crippen molar-refractivity contribution < 1.29 is 24.2 Å². The fourth-order valence-electron chi connectivity index (χ4n) is 5.07. The molecule has 0 radical (unpaired) electrons. The van der Waals surface area contributed by atoms with Crippen molar-refractivity contribution in [2.24, 2.45) is 29.6 Å². The van der Waals surface area contributed by atoms with Gasteiger partial charge in [0.1, 0.15) is 12.2 Å². The molecule has 1 heterocycles. The molecule has 29 heavy (non-hydrogen) atoms. The molecule has 3 rings (SSSR count). The minimum Gasteiger partial charge on any atom is -0.462 e. The van der Waals surface area contributed by atoms with Gasteiger partial charge in [-0.1, -0.05) is 45.9 Å². The first-order chi connectivity index (χ1) is 13.8. The van der Waals surface area contributed by atoms with Crippen LogP contribution in [-0.2, 0) is 19.1 Å². The molecule has 8 atom stereocenters. The third-order valence-electron chi connectivity index (χ3n) is 6.93. The summed E-state index contributed by atoms with van der Waals surface area (Å²) in [6, 6.07) is 0. The topological polar surface area (TPSA) is 72.8 Å². The Labute approximate surface area is 174 Å². The highest BCUT2D eigenvalue weighted by molar-refractivity contribution is 5.72. The van der Waals surface area contributed by atoms with Crippen molar-refractivity contribution >= 4 is 11.9 Å².